The molecule has 0 saturated heterocycles. The third-order valence-corrected chi connectivity index (χ3v) is 5.39. The van der Waals surface area contributed by atoms with Gasteiger partial charge in [-0.05, 0) is 48.9 Å². The Kier molecular flexibility index (Phi) is 5.03. The number of fused-ring (bicyclic) bond motifs is 3. The average Bonchev–Trinajstić information content (AvgIpc) is 3.17. The molecule has 0 spiro atoms. The molecule has 0 saturated carbocycles. The van der Waals surface area contributed by atoms with Crippen LogP contribution >= 0.6 is 11.6 Å². The molecule has 0 bridgehead atoms. The fourth-order valence-electron chi connectivity index (χ4n) is 3.66. The maximum Gasteiger partial charge on any atom is 0.339 e. The lowest BCUT2D eigenvalue weighted by molar-refractivity contribution is 0.0602. The molecule has 7 heteroatoms. The van der Waals surface area contributed by atoms with Crippen LogP contribution in [0.3, 0.4) is 0 Å². The molecular formula is C22H20ClN3O3. The average molecular weight is 410 g/mol. The number of rotatable bonds is 2. The standard InChI is InChI=1S/C22H20ClN3O3/c1-14-19-8-5-11-25(19)20-7-4-3-6-15(20)13-26(14)22(28)24-18-12-16(23)9-10-17(18)21(27)29-2/h3-12,14H,13H2,1-2H3,(H,24,28)/t14-/m1/s1. The van der Waals surface area contributed by atoms with E-state index in [1.807, 2.05) is 49.5 Å². The summed E-state index contributed by atoms with van der Waals surface area (Å²) >= 11 is 6.09. The van der Waals surface area contributed by atoms with Crippen molar-refractivity contribution in [3.63, 3.8) is 0 Å². The van der Waals surface area contributed by atoms with Crippen LogP contribution in [0.2, 0.25) is 5.02 Å². The Hall–Kier alpha value is -3.25. The highest BCUT2D eigenvalue weighted by Gasteiger charge is 2.29. The highest BCUT2D eigenvalue weighted by Crippen LogP contribution is 2.32. The lowest BCUT2D eigenvalue weighted by Gasteiger charge is -2.28. The number of para-hydroxylation sites is 1. The van der Waals surface area contributed by atoms with Gasteiger partial charge in [0.2, 0.25) is 0 Å². The number of nitrogens with zero attached hydrogens (tertiary/aromatic N) is 2. The molecule has 0 aliphatic carbocycles. The number of methoxy groups -OCH3 is 1. The molecule has 2 aromatic carbocycles. The molecule has 148 valence electrons. The van der Waals surface area contributed by atoms with Gasteiger partial charge >= 0.3 is 12.0 Å². The maximum absolute atomic E-state index is 13.3. The quantitative estimate of drug-likeness (QED) is 0.604. The molecule has 1 N–H and O–H groups in total. The van der Waals surface area contributed by atoms with Crippen molar-refractivity contribution in [2.24, 2.45) is 0 Å². The van der Waals surface area contributed by atoms with Gasteiger partial charge < -0.3 is 19.5 Å². The minimum absolute atomic E-state index is 0.182. The summed E-state index contributed by atoms with van der Waals surface area (Å²) in [5.74, 6) is -0.542. The van der Waals surface area contributed by atoms with E-state index in [0.717, 1.165) is 16.9 Å². The summed E-state index contributed by atoms with van der Waals surface area (Å²) < 4.78 is 6.92. The molecule has 1 aliphatic rings. The third-order valence-electron chi connectivity index (χ3n) is 5.16. The van der Waals surface area contributed by atoms with Gasteiger partial charge in [-0.1, -0.05) is 29.8 Å². The number of anilines is 1. The van der Waals surface area contributed by atoms with Gasteiger partial charge in [0.1, 0.15) is 0 Å². The SMILES string of the molecule is COC(=O)c1ccc(Cl)cc1NC(=O)N1Cc2ccccc2-n2cccc2[C@H]1C. The number of urea groups is 1. The molecule has 0 fully saturated rings. The summed E-state index contributed by atoms with van der Waals surface area (Å²) in [6.45, 7) is 2.41. The Bertz CT molecular complexity index is 1090. The first kappa shape index (κ1) is 19.1. The zero-order valence-corrected chi connectivity index (χ0v) is 16.8. The van der Waals surface area contributed by atoms with E-state index in [0.29, 0.717) is 17.3 Å². The Morgan fingerprint density at radius 3 is 2.72 bits per heavy atom. The summed E-state index contributed by atoms with van der Waals surface area (Å²) in [6, 6.07) is 16.1. The number of amides is 2. The van der Waals surface area contributed by atoms with Crippen molar-refractivity contribution in [1.29, 1.82) is 0 Å². The van der Waals surface area contributed by atoms with Crippen LogP contribution in [0.15, 0.2) is 60.8 Å². The van der Waals surface area contributed by atoms with E-state index in [9.17, 15) is 9.59 Å². The molecule has 4 rings (SSSR count). The molecule has 2 heterocycles. The van der Waals surface area contributed by atoms with Crippen LogP contribution in [0, 0.1) is 0 Å². The third kappa shape index (κ3) is 3.47. The van der Waals surface area contributed by atoms with Gasteiger partial charge in [-0.2, -0.15) is 0 Å². The van der Waals surface area contributed by atoms with Gasteiger partial charge in [0.15, 0.2) is 0 Å². The minimum Gasteiger partial charge on any atom is -0.465 e. The zero-order chi connectivity index (χ0) is 20.5. The van der Waals surface area contributed by atoms with Crippen molar-refractivity contribution in [1.82, 2.24) is 9.47 Å². The smallest absolute Gasteiger partial charge is 0.339 e. The second kappa shape index (κ2) is 7.64. The minimum atomic E-state index is -0.542. The normalized spacial score (nSPS) is 15.1. The number of carbonyl (C=O) groups is 2. The first-order valence-corrected chi connectivity index (χ1v) is 9.58. The highest BCUT2D eigenvalue weighted by atomic mass is 35.5. The van der Waals surface area contributed by atoms with Crippen molar-refractivity contribution in [3.8, 4) is 5.69 Å². The molecular weight excluding hydrogens is 390 g/mol. The van der Waals surface area contributed by atoms with Crippen LogP contribution in [-0.2, 0) is 11.3 Å². The van der Waals surface area contributed by atoms with Crippen molar-refractivity contribution >= 4 is 29.3 Å². The van der Waals surface area contributed by atoms with Crippen LogP contribution in [0.4, 0.5) is 10.5 Å². The fraction of sp³-hybridized carbons (Fsp3) is 0.182. The lowest BCUT2D eigenvalue weighted by Crippen LogP contribution is -2.36. The second-order valence-corrected chi connectivity index (χ2v) is 7.28. The van der Waals surface area contributed by atoms with Crippen LogP contribution in [-0.4, -0.2) is 28.6 Å². The predicted octanol–water partition coefficient (Wildman–Crippen LogP) is 5.03. The molecule has 6 nitrogen and oxygen atoms in total. The van der Waals surface area contributed by atoms with Crippen LogP contribution in [0.5, 0.6) is 0 Å². The van der Waals surface area contributed by atoms with E-state index in [4.69, 9.17) is 16.3 Å². The summed E-state index contributed by atoms with van der Waals surface area (Å²) in [5.41, 5.74) is 3.65. The molecule has 1 aromatic heterocycles. The van der Waals surface area contributed by atoms with Crippen LogP contribution < -0.4 is 5.32 Å². The molecule has 0 unspecified atom stereocenters. The monoisotopic (exact) mass is 409 g/mol. The molecule has 2 amide bonds. The Morgan fingerprint density at radius 2 is 1.93 bits per heavy atom. The van der Waals surface area contributed by atoms with E-state index in [1.54, 1.807) is 17.0 Å². The van der Waals surface area contributed by atoms with Crippen LogP contribution in [0.25, 0.3) is 5.69 Å². The number of halogens is 1. The lowest BCUT2D eigenvalue weighted by atomic mass is 10.1. The molecule has 1 atom stereocenters. The van der Waals surface area contributed by atoms with Gasteiger partial charge in [-0.25, -0.2) is 9.59 Å². The molecule has 3 aromatic rings. The summed E-state index contributed by atoms with van der Waals surface area (Å²) in [4.78, 5) is 27.1. The van der Waals surface area contributed by atoms with E-state index in [1.165, 1.54) is 13.2 Å². The zero-order valence-electron chi connectivity index (χ0n) is 16.1. The first-order valence-electron chi connectivity index (χ1n) is 9.20. The topological polar surface area (TPSA) is 63.6 Å². The van der Waals surface area contributed by atoms with E-state index < -0.39 is 5.97 Å². The van der Waals surface area contributed by atoms with Crippen molar-refractivity contribution in [2.45, 2.75) is 19.5 Å². The Balaban J connectivity index is 1.70. The second-order valence-electron chi connectivity index (χ2n) is 6.85. The van der Waals surface area contributed by atoms with Gasteiger partial charge in [-0.3, -0.25) is 0 Å². The number of nitrogens with one attached hydrogen (secondary N) is 1. The van der Waals surface area contributed by atoms with E-state index in [2.05, 4.69) is 9.88 Å². The van der Waals surface area contributed by atoms with Gasteiger partial charge in [0, 0.05) is 16.9 Å². The Labute approximate surface area is 173 Å². The molecule has 0 radical (unpaired) electrons. The van der Waals surface area contributed by atoms with Gasteiger partial charge in [-0.15, -0.1) is 0 Å². The summed E-state index contributed by atoms with van der Waals surface area (Å²) in [5, 5.41) is 3.25. The number of ether oxygens (including phenoxy) is 1. The maximum atomic E-state index is 13.3. The number of hydrogen-bond donors (Lipinski definition) is 1. The fourth-order valence-corrected chi connectivity index (χ4v) is 3.83. The number of carbonyl (C=O) groups excluding carboxylic acids is 2. The number of aromatic nitrogens is 1. The van der Waals surface area contributed by atoms with Crippen molar-refractivity contribution < 1.29 is 14.3 Å². The van der Waals surface area contributed by atoms with E-state index in [-0.39, 0.29) is 17.6 Å². The highest BCUT2D eigenvalue weighted by molar-refractivity contribution is 6.31. The summed E-state index contributed by atoms with van der Waals surface area (Å²) in [6.07, 6.45) is 2.00. The predicted molar refractivity (Wildman–Crippen MR) is 112 cm³/mol. The Morgan fingerprint density at radius 1 is 1.14 bits per heavy atom. The van der Waals surface area contributed by atoms with Crippen molar-refractivity contribution in [3.05, 3.63) is 82.6 Å². The largest absolute Gasteiger partial charge is 0.465 e. The van der Waals surface area contributed by atoms with Gasteiger partial charge in [0.25, 0.3) is 0 Å². The first-order chi connectivity index (χ1) is 14.0. The number of benzene rings is 2. The van der Waals surface area contributed by atoms with Gasteiger partial charge in [0.05, 0.1) is 36.6 Å². The summed E-state index contributed by atoms with van der Waals surface area (Å²) in [7, 11) is 1.30. The molecule has 29 heavy (non-hydrogen) atoms. The van der Waals surface area contributed by atoms with Crippen LogP contribution in [0.1, 0.15) is 34.6 Å². The van der Waals surface area contributed by atoms with E-state index >= 15 is 0 Å². The number of hydrogen-bond acceptors (Lipinski definition) is 3. The number of esters is 1. The van der Waals surface area contributed by atoms with Crippen molar-refractivity contribution in [2.75, 3.05) is 12.4 Å². The molecule has 1 aliphatic heterocycles.